The largest absolute Gasteiger partial charge is 0.289 e. The molecule has 0 radical (unpaired) electrons. The van der Waals surface area contributed by atoms with Crippen LogP contribution in [0, 0.1) is 0 Å². The Morgan fingerprint density at radius 2 is 2.29 bits per heavy atom. The van der Waals surface area contributed by atoms with Gasteiger partial charge in [0.1, 0.15) is 5.03 Å². The van der Waals surface area contributed by atoms with E-state index in [1.165, 1.54) is 11.8 Å². The van der Waals surface area contributed by atoms with E-state index in [4.69, 9.17) is 11.6 Å². The first kappa shape index (κ1) is 16.6. The number of unbranched alkanes of at least 4 members (excludes halogenated alkanes) is 1. The lowest BCUT2D eigenvalue weighted by Gasteiger charge is -2.14. The van der Waals surface area contributed by atoms with Gasteiger partial charge in [0.25, 0.3) is 0 Å². The van der Waals surface area contributed by atoms with Gasteiger partial charge in [-0.3, -0.25) is 9.80 Å². The predicted molar refractivity (Wildman–Crippen MR) is 93.9 cm³/mol. The zero-order chi connectivity index (χ0) is 15.4. The standard InChI is InChI=1S/C15H16BrClN2OS/c1-3-4-7-19-15(21-10(2)18-19)9-14(20)12-8-11(16)5-6-13(12)17/h5-6,8-9H,3-4,7H2,1-2H3. The smallest absolute Gasteiger partial charge is 0.190 e. The third kappa shape index (κ3) is 4.34. The average molecular weight is 388 g/mol. The SMILES string of the molecule is CCCCN1N=C(C)SC1=CC(=O)c1cc(Br)ccc1Cl. The van der Waals surface area contributed by atoms with Crippen LogP contribution in [0.4, 0.5) is 0 Å². The van der Waals surface area contributed by atoms with Gasteiger partial charge >= 0.3 is 0 Å². The molecule has 21 heavy (non-hydrogen) atoms. The fourth-order valence-corrected chi connectivity index (χ4v) is 3.31. The minimum atomic E-state index is -0.102. The summed E-state index contributed by atoms with van der Waals surface area (Å²) in [6, 6.07) is 5.28. The highest BCUT2D eigenvalue weighted by atomic mass is 79.9. The normalized spacial score (nSPS) is 16.5. The Hall–Kier alpha value is -0.780. The van der Waals surface area contributed by atoms with Gasteiger partial charge in [0.05, 0.1) is 10.1 Å². The summed E-state index contributed by atoms with van der Waals surface area (Å²) in [7, 11) is 0. The van der Waals surface area contributed by atoms with Crippen molar-refractivity contribution >= 4 is 50.1 Å². The van der Waals surface area contributed by atoms with Gasteiger partial charge < -0.3 is 0 Å². The van der Waals surface area contributed by atoms with E-state index in [0.29, 0.717) is 10.6 Å². The number of allylic oxidation sites excluding steroid dienone is 1. The van der Waals surface area contributed by atoms with E-state index in [2.05, 4.69) is 28.0 Å². The lowest BCUT2D eigenvalue weighted by atomic mass is 10.1. The van der Waals surface area contributed by atoms with E-state index in [-0.39, 0.29) is 5.78 Å². The van der Waals surface area contributed by atoms with Crippen LogP contribution in [0.5, 0.6) is 0 Å². The van der Waals surface area contributed by atoms with Crippen molar-refractivity contribution in [3.05, 3.63) is 44.4 Å². The van der Waals surface area contributed by atoms with Crippen LogP contribution in [0.15, 0.2) is 38.9 Å². The quantitative estimate of drug-likeness (QED) is 0.507. The van der Waals surface area contributed by atoms with Gasteiger partial charge in [-0.05, 0) is 31.5 Å². The van der Waals surface area contributed by atoms with E-state index in [0.717, 1.165) is 33.9 Å². The third-order valence-electron chi connectivity index (χ3n) is 2.94. The first-order valence-electron chi connectivity index (χ1n) is 6.73. The maximum Gasteiger partial charge on any atom is 0.190 e. The molecule has 3 nitrogen and oxygen atoms in total. The molecule has 112 valence electrons. The van der Waals surface area contributed by atoms with Crippen LogP contribution in [-0.4, -0.2) is 22.4 Å². The monoisotopic (exact) mass is 386 g/mol. The Labute approximate surface area is 142 Å². The van der Waals surface area contributed by atoms with Crippen LogP contribution in [0.25, 0.3) is 0 Å². The van der Waals surface area contributed by atoms with E-state index in [1.807, 2.05) is 18.0 Å². The van der Waals surface area contributed by atoms with Gasteiger partial charge in [-0.2, -0.15) is 5.10 Å². The molecule has 0 N–H and O–H groups in total. The number of ketones is 1. The van der Waals surface area contributed by atoms with Crippen molar-refractivity contribution < 1.29 is 4.79 Å². The van der Waals surface area contributed by atoms with Crippen molar-refractivity contribution in [1.29, 1.82) is 0 Å². The molecule has 6 heteroatoms. The molecule has 0 spiro atoms. The van der Waals surface area contributed by atoms with Crippen molar-refractivity contribution in [1.82, 2.24) is 5.01 Å². The summed E-state index contributed by atoms with van der Waals surface area (Å²) in [6.45, 7) is 4.91. The van der Waals surface area contributed by atoms with Crippen LogP contribution in [0.1, 0.15) is 37.0 Å². The number of hydrogen-bond acceptors (Lipinski definition) is 4. The van der Waals surface area contributed by atoms with E-state index < -0.39 is 0 Å². The van der Waals surface area contributed by atoms with Crippen molar-refractivity contribution in [3.63, 3.8) is 0 Å². The van der Waals surface area contributed by atoms with Crippen molar-refractivity contribution in [2.75, 3.05) is 6.54 Å². The Balaban J connectivity index is 2.21. The Morgan fingerprint density at radius 1 is 1.52 bits per heavy atom. The fraction of sp³-hybridized carbons (Fsp3) is 0.333. The number of nitrogens with zero attached hydrogens (tertiary/aromatic N) is 2. The summed E-state index contributed by atoms with van der Waals surface area (Å²) < 4.78 is 0.836. The molecule has 0 saturated carbocycles. The fourth-order valence-electron chi connectivity index (χ4n) is 1.89. The maximum atomic E-state index is 12.4. The van der Waals surface area contributed by atoms with E-state index in [1.54, 1.807) is 18.2 Å². The number of thioether (sulfide) groups is 1. The van der Waals surface area contributed by atoms with E-state index >= 15 is 0 Å². The Bertz CT molecular complexity index is 616. The number of hydrazone groups is 1. The molecule has 1 aromatic rings. The molecule has 0 bridgehead atoms. The van der Waals surface area contributed by atoms with Crippen LogP contribution in [0.2, 0.25) is 5.02 Å². The van der Waals surface area contributed by atoms with Gasteiger partial charge in [-0.1, -0.05) is 52.6 Å². The lowest BCUT2D eigenvalue weighted by Crippen LogP contribution is -2.14. The van der Waals surface area contributed by atoms with Crippen molar-refractivity contribution in [3.8, 4) is 0 Å². The minimum Gasteiger partial charge on any atom is -0.289 e. The summed E-state index contributed by atoms with van der Waals surface area (Å²) in [5, 5.41) is 8.61. The molecule has 1 aromatic carbocycles. The lowest BCUT2D eigenvalue weighted by molar-refractivity contribution is 0.104. The van der Waals surface area contributed by atoms with E-state index in [9.17, 15) is 4.79 Å². The molecule has 1 heterocycles. The highest BCUT2D eigenvalue weighted by Gasteiger charge is 2.20. The molecule has 0 aliphatic carbocycles. The summed E-state index contributed by atoms with van der Waals surface area (Å²) in [5.41, 5.74) is 0.499. The van der Waals surface area contributed by atoms with Gasteiger partial charge in [-0.15, -0.1) is 0 Å². The van der Waals surface area contributed by atoms with Crippen LogP contribution in [0.3, 0.4) is 0 Å². The molecular weight excluding hydrogens is 372 g/mol. The van der Waals surface area contributed by atoms with Gasteiger partial charge in [0.15, 0.2) is 5.78 Å². The first-order chi connectivity index (χ1) is 10.0. The summed E-state index contributed by atoms with van der Waals surface area (Å²) in [5.74, 6) is -0.102. The molecule has 1 aliphatic rings. The molecule has 0 unspecified atom stereocenters. The van der Waals surface area contributed by atoms with Crippen molar-refractivity contribution in [2.45, 2.75) is 26.7 Å². The zero-order valence-electron chi connectivity index (χ0n) is 11.9. The molecule has 1 aliphatic heterocycles. The number of rotatable bonds is 5. The number of halogens is 2. The minimum absolute atomic E-state index is 0.102. The van der Waals surface area contributed by atoms with Gasteiger partial charge in [-0.25, -0.2) is 0 Å². The Kier molecular flexibility index (Phi) is 5.90. The molecule has 0 amide bonds. The second-order valence-corrected chi connectivity index (χ2v) is 7.20. The van der Waals surface area contributed by atoms with Gasteiger partial charge in [0.2, 0.25) is 0 Å². The molecule has 0 atom stereocenters. The summed E-state index contributed by atoms with van der Waals surface area (Å²) in [4.78, 5) is 12.4. The second-order valence-electron chi connectivity index (χ2n) is 4.67. The summed E-state index contributed by atoms with van der Waals surface area (Å²) >= 11 is 11.0. The first-order valence-corrected chi connectivity index (χ1v) is 8.71. The number of carbonyl (C=O) groups is 1. The van der Waals surface area contributed by atoms with Crippen LogP contribution < -0.4 is 0 Å². The molecule has 0 fully saturated rings. The molecule has 2 rings (SSSR count). The van der Waals surface area contributed by atoms with Crippen LogP contribution >= 0.6 is 39.3 Å². The predicted octanol–water partition coefficient (Wildman–Crippen LogP) is 5.31. The van der Waals surface area contributed by atoms with Crippen LogP contribution in [-0.2, 0) is 0 Å². The number of benzene rings is 1. The number of carbonyl (C=O) groups excluding carboxylic acids is 1. The highest BCUT2D eigenvalue weighted by molar-refractivity contribution is 9.10. The Morgan fingerprint density at radius 3 is 3.00 bits per heavy atom. The zero-order valence-corrected chi connectivity index (χ0v) is 15.1. The average Bonchev–Trinajstić information content (AvgIpc) is 2.79. The summed E-state index contributed by atoms with van der Waals surface area (Å²) in [6.07, 6.45) is 3.75. The van der Waals surface area contributed by atoms with Gasteiger partial charge in [0, 0.05) is 22.7 Å². The number of hydrogen-bond donors (Lipinski definition) is 0. The topological polar surface area (TPSA) is 32.7 Å². The maximum absolute atomic E-state index is 12.4. The van der Waals surface area contributed by atoms with Crippen molar-refractivity contribution in [2.24, 2.45) is 5.10 Å². The molecule has 0 saturated heterocycles. The highest BCUT2D eigenvalue weighted by Crippen LogP contribution is 2.31. The molecule has 0 aromatic heterocycles. The second kappa shape index (κ2) is 7.47. The third-order valence-corrected chi connectivity index (χ3v) is 4.68. The molecular formula is C15H16BrClN2OS.